The van der Waals surface area contributed by atoms with Crippen molar-refractivity contribution in [2.75, 3.05) is 18.5 Å². The molecule has 0 spiro atoms. The minimum absolute atomic E-state index is 0.542. The number of nitrogens with one attached hydrogen (secondary N) is 1. The molecule has 20 heavy (non-hydrogen) atoms. The van der Waals surface area contributed by atoms with E-state index >= 15 is 0 Å². The topological polar surface area (TPSA) is 28.2 Å². The maximum atomic E-state index is 4.93. The Hall–Kier alpha value is -0.610. The molecule has 1 aliphatic rings. The molecule has 0 amide bonds. The van der Waals surface area contributed by atoms with Crippen molar-refractivity contribution in [2.45, 2.75) is 71.4 Å². The van der Waals surface area contributed by atoms with Crippen LogP contribution < -0.4 is 10.2 Å². The summed E-state index contributed by atoms with van der Waals surface area (Å²) in [5.41, 5.74) is 1.35. The average molecular weight is 295 g/mol. The average Bonchev–Trinajstić information content (AvgIpc) is 2.90. The second-order valence-corrected chi connectivity index (χ2v) is 6.80. The SMILES string of the molecule is CCCNC1CCCc2nc(N(C)C(CC)CC)sc21. The van der Waals surface area contributed by atoms with E-state index in [1.807, 2.05) is 11.3 Å². The van der Waals surface area contributed by atoms with E-state index in [2.05, 4.69) is 38.0 Å². The molecular weight excluding hydrogens is 266 g/mol. The summed E-state index contributed by atoms with van der Waals surface area (Å²) >= 11 is 1.91. The first kappa shape index (κ1) is 15.8. The van der Waals surface area contributed by atoms with Crippen molar-refractivity contribution >= 4 is 16.5 Å². The van der Waals surface area contributed by atoms with E-state index in [0.29, 0.717) is 12.1 Å². The molecule has 2 rings (SSSR count). The van der Waals surface area contributed by atoms with Crippen molar-refractivity contribution in [3.05, 3.63) is 10.6 Å². The molecule has 1 N–H and O–H groups in total. The molecule has 0 aliphatic heterocycles. The quantitative estimate of drug-likeness (QED) is 0.819. The highest BCUT2D eigenvalue weighted by molar-refractivity contribution is 7.15. The summed E-state index contributed by atoms with van der Waals surface area (Å²) in [4.78, 5) is 8.82. The van der Waals surface area contributed by atoms with E-state index in [1.54, 1.807) is 0 Å². The normalized spacial score (nSPS) is 18.4. The van der Waals surface area contributed by atoms with E-state index < -0.39 is 0 Å². The highest BCUT2D eigenvalue weighted by Gasteiger charge is 2.26. The third kappa shape index (κ3) is 3.34. The lowest BCUT2D eigenvalue weighted by Gasteiger charge is -2.25. The van der Waals surface area contributed by atoms with Gasteiger partial charge in [0.05, 0.1) is 5.69 Å². The van der Waals surface area contributed by atoms with Crippen LogP contribution in [0.2, 0.25) is 0 Å². The first-order valence-electron chi connectivity index (χ1n) is 8.17. The minimum atomic E-state index is 0.542. The number of rotatable bonds is 7. The van der Waals surface area contributed by atoms with Crippen molar-refractivity contribution < 1.29 is 0 Å². The molecule has 1 aromatic heterocycles. The van der Waals surface area contributed by atoms with Crippen molar-refractivity contribution in [1.82, 2.24) is 10.3 Å². The molecule has 1 atom stereocenters. The molecule has 0 aromatic carbocycles. The first-order chi connectivity index (χ1) is 9.71. The van der Waals surface area contributed by atoms with Crippen LogP contribution in [0, 0.1) is 0 Å². The Bertz CT molecular complexity index is 412. The van der Waals surface area contributed by atoms with Crippen LogP contribution in [0.15, 0.2) is 0 Å². The summed E-state index contributed by atoms with van der Waals surface area (Å²) in [5, 5.41) is 4.91. The summed E-state index contributed by atoms with van der Waals surface area (Å²) in [6, 6.07) is 1.16. The van der Waals surface area contributed by atoms with Gasteiger partial charge in [-0.15, -0.1) is 0 Å². The Kier molecular flexibility index (Phi) is 5.85. The number of aryl methyl sites for hydroxylation is 1. The lowest BCUT2D eigenvalue weighted by molar-refractivity contribution is 0.464. The Morgan fingerprint density at radius 3 is 2.75 bits per heavy atom. The Labute approximate surface area is 127 Å². The second-order valence-electron chi connectivity index (χ2n) is 5.79. The first-order valence-corrected chi connectivity index (χ1v) is 8.98. The van der Waals surface area contributed by atoms with Crippen molar-refractivity contribution in [3.63, 3.8) is 0 Å². The zero-order valence-corrected chi connectivity index (χ0v) is 14.2. The lowest BCUT2D eigenvalue weighted by atomic mass is 9.98. The highest BCUT2D eigenvalue weighted by atomic mass is 32.1. The zero-order chi connectivity index (χ0) is 14.5. The van der Waals surface area contributed by atoms with Gasteiger partial charge in [-0.05, 0) is 45.1 Å². The summed E-state index contributed by atoms with van der Waals surface area (Å²) < 4.78 is 0. The maximum Gasteiger partial charge on any atom is 0.185 e. The molecule has 0 radical (unpaired) electrons. The molecule has 1 unspecified atom stereocenters. The fraction of sp³-hybridized carbons (Fsp3) is 0.812. The van der Waals surface area contributed by atoms with Gasteiger partial charge in [0.1, 0.15) is 0 Å². The van der Waals surface area contributed by atoms with Gasteiger partial charge in [0.25, 0.3) is 0 Å². The largest absolute Gasteiger partial charge is 0.348 e. The van der Waals surface area contributed by atoms with E-state index in [-0.39, 0.29) is 0 Å². The van der Waals surface area contributed by atoms with Gasteiger partial charge < -0.3 is 10.2 Å². The maximum absolute atomic E-state index is 4.93. The molecule has 3 nitrogen and oxygen atoms in total. The molecule has 0 fully saturated rings. The van der Waals surface area contributed by atoms with Crippen LogP contribution in [0.3, 0.4) is 0 Å². The number of fused-ring (bicyclic) bond motifs is 1. The zero-order valence-electron chi connectivity index (χ0n) is 13.4. The van der Waals surface area contributed by atoms with Gasteiger partial charge in [-0.3, -0.25) is 0 Å². The Morgan fingerprint density at radius 2 is 2.10 bits per heavy atom. The van der Waals surface area contributed by atoms with Crippen LogP contribution in [0.4, 0.5) is 5.13 Å². The molecule has 0 saturated carbocycles. The number of hydrogen-bond acceptors (Lipinski definition) is 4. The molecular formula is C16H29N3S. The van der Waals surface area contributed by atoms with Gasteiger partial charge in [0, 0.05) is 24.0 Å². The second kappa shape index (κ2) is 7.41. The van der Waals surface area contributed by atoms with Crippen molar-refractivity contribution in [2.24, 2.45) is 0 Å². The Morgan fingerprint density at radius 1 is 1.35 bits per heavy atom. The minimum Gasteiger partial charge on any atom is -0.348 e. The predicted molar refractivity (Wildman–Crippen MR) is 88.9 cm³/mol. The van der Waals surface area contributed by atoms with Crippen LogP contribution in [0.25, 0.3) is 0 Å². The summed E-state index contributed by atoms with van der Waals surface area (Å²) in [6.45, 7) is 7.88. The van der Waals surface area contributed by atoms with E-state index in [4.69, 9.17) is 4.98 Å². The molecule has 1 aliphatic carbocycles. The molecule has 0 saturated heterocycles. The number of aromatic nitrogens is 1. The van der Waals surface area contributed by atoms with Crippen molar-refractivity contribution in [1.29, 1.82) is 0 Å². The molecule has 4 heteroatoms. The van der Waals surface area contributed by atoms with Gasteiger partial charge in [-0.1, -0.05) is 32.1 Å². The van der Waals surface area contributed by atoms with Crippen molar-refractivity contribution in [3.8, 4) is 0 Å². The number of anilines is 1. The fourth-order valence-electron chi connectivity index (χ4n) is 3.06. The van der Waals surface area contributed by atoms with Crippen LogP contribution in [0.1, 0.15) is 69.5 Å². The summed E-state index contributed by atoms with van der Waals surface area (Å²) in [6.07, 6.45) is 7.27. The van der Waals surface area contributed by atoms with Gasteiger partial charge in [0.2, 0.25) is 0 Å². The predicted octanol–water partition coefficient (Wildman–Crippen LogP) is 4.14. The van der Waals surface area contributed by atoms with E-state index in [9.17, 15) is 0 Å². The summed E-state index contributed by atoms with van der Waals surface area (Å²) in [5.74, 6) is 0. The third-order valence-electron chi connectivity index (χ3n) is 4.37. The highest BCUT2D eigenvalue weighted by Crippen LogP contribution is 2.38. The number of hydrogen-bond donors (Lipinski definition) is 1. The Balaban J connectivity index is 2.16. The van der Waals surface area contributed by atoms with Crippen LogP contribution >= 0.6 is 11.3 Å². The monoisotopic (exact) mass is 295 g/mol. The van der Waals surface area contributed by atoms with Gasteiger partial charge >= 0.3 is 0 Å². The molecule has 0 bridgehead atoms. The molecule has 1 heterocycles. The van der Waals surface area contributed by atoms with Crippen LogP contribution in [0.5, 0.6) is 0 Å². The standard InChI is InChI=1S/C16H29N3S/c1-5-11-17-13-9-8-10-14-15(13)20-16(18-14)19(4)12(6-2)7-3/h12-13,17H,5-11H2,1-4H3. The smallest absolute Gasteiger partial charge is 0.185 e. The van der Waals surface area contributed by atoms with E-state index in [1.165, 1.54) is 47.8 Å². The van der Waals surface area contributed by atoms with E-state index in [0.717, 1.165) is 13.0 Å². The fourth-order valence-corrected chi connectivity index (χ4v) is 4.32. The number of thiazole rings is 1. The number of nitrogens with zero attached hydrogens (tertiary/aromatic N) is 2. The van der Waals surface area contributed by atoms with Gasteiger partial charge in [0.15, 0.2) is 5.13 Å². The molecule has 1 aromatic rings. The van der Waals surface area contributed by atoms with Crippen LogP contribution in [-0.2, 0) is 6.42 Å². The van der Waals surface area contributed by atoms with Crippen LogP contribution in [-0.4, -0.2) is 24.6 Å². The lowest BCUT2D eigenvalue weighted by Crippen LogP contribution is -2.30. The third-order valence-corrected chi connectivity index (χ3v) is 5.67. The summed E-state index contributed by atoms with van der Waals surface area (Å²) in [7, 11) is 2.20. The molecule has 114 valence electrons. The van der Waals surface area contributed by atoms with Gasteiger partial charge in [-0.2, -0.15) is 0 Å². The van der Waals surface area contributed by atoms with Gasteiger partial charge in [-0.25, -0.2) is 4.98 Å².